The van der Waals surface area contributed by atoms with E-state index in [9.17, 15) is 0 Å². The normalized spacial score (nSPS) is 10.8. The van der Waals surface area contributed by atoms with Crippen LogP contribution in [0.15, 0.2) is 29.3 Å². The monoisotopic (exact) mass is 227 g/mol. The van der Waals surface area contributed by atoms with Crippen LogP contribution in [0, 0.1) is 17.8 Å². The zero-order valence-corrected chi connectivity index (χ0v) is 10.2. The van der Waals surface area contributed by atoms with Crippen LogP contribution in [-0.2, 0) is 0 Å². The van der Waals surface area contributed by atoms with Crippen LogP contribution >= 0.6 is 0 Å². The Balaban J connectivity index is 3.01. The Morgan fingerprint density at radius 3 is 2.88 bits per heavy atom. The van der Waals surface area contributed by atoms with Crippen molar-refractivity contribution in [2.24, 2.45) is 4.99 Å². The molecule has 0 amide bonds. The summed E-state index contributed by atoms with van der Waals surface area (Å²) < 4.78 is 0. The van der Waals surface area contributed by atoms with Crippen molar-refractivity contribution in [1.82, 2.24) is 5.32 Å². The molecule has 3 nitrogen and oxygen atoms in total. The highest BCUT2D eigenvalue weighted by molar-refractivity contribution is 6.05. The van der Waals surface area contributed by atoms with Gasteiger partial charge in [-0.2, -0.15) is 0 Å². The molecule has 0 bridgehead atoms. The fourth-order valence-electron chi connectivity index (χ4n) is 1.45. The summed E-state index contributed by atoms with van der Waals surface area (Å²) in [6.45, 7) is 2.03. The van der Waals surface area contributed by atoms with Crippen LogP contribution in [0.5, 0.6) is 0 Å². The zero-order valence-electron chi connectivity index (χ0n) is 10.2. The fourth-order valence-corrected chi connectivity index (χ4v) is 1.45. The van der Waals surface area contributed by atoms with Crippen molar-refractivity contribution in [3.05, 3.63) is 35.4 Å². The van der Waals surface area contributed by atoms with Gasteiger partial charge in [-0.15, -0.1) is 6.42 Å². The number of benzene rings is 1. The maximum atomic E-state index is 7.70. The van der Waals surface area contributed by atoms with Crippen LogP contribution in [0.2, 0.25) is 0 Å². The van der Waals surface area contributed by atoms with Gasteiger partial charge in [-0.1, -0.05) is 25.0 Å². The molecule has 0 aliphatic rings. The minimum Gasteiger partial charge on any atom is -0.373 e. The Morgan fingerprint density at radius 1 is 1.53 bits per heavy atom. The lowest BCUT2D eigenvalue weighted by atomic mass is 10.1. The summed E-state index contributed by atoms with van der Waals surface area (Å²) in [5.41, 5.74) is 1.72. The van der Waals surface area contributed by atoms with Crippen molar-refractivity contribution >= 4 is 11.7 Å². The first kappa shape index (κ1) is 13.0. The van der Waals surface area contributed by atoms with Crippen LogP contribution in [-0.4, -0.2) is 18.7 Å². The summed E-state index contributed by atoms with van der Waals surface area (Å²) in [5, 5.41) is 10.7. The Morgan fingerprint density at radius 2 is 2.29 bits per heavy atom. The second kappa shape index (κ2) is 6.49. The van der Waals surface area contributed by atoms with Gasteiger partial charge >= 0.3 is 0 Å². The maximum absolute atomic E-state index is 7.70. The third kappa shape index (κ3) is 3.76. The van der Waals surface area contributed by atoms with Gasteiger partial charge in [0.05, 0.1) is 0 Å². The number of nitrogens with zero attached hydrogens (tertiary/aromatic N) is 1. The van der Waals surface area contributed by atoms with Crippen LogP contribution in [0.1, 0.15) is 30.9 Å². The van der Waals surface area contributed by atoms with Gasteiger partial charge in [-0.3, -0.25) is 5.41 Å². The lowest BCUT2D eigenvalue weighted by molar-refractivity contribution is 0.973. The third-order valence-electron chi connectivity index (χ3n) is 2.27. The molecule has 0 saturated carbocycles. The van der Waals surface area contributed by atoms with Crippen molar-refractivity contribution in [3.63, 3.8) is 0 Å². The molecule has 17 heavy (non-hydrogen) atoms. The smallest absolute Gasteiger partial charge is 0.135 e. The largest absolute Gasteiger partial charge is 0.373 e. The van der Waals surface area contributed by atoms with Crippen LogP contribution in [0.25, 0.3) is 0 Å². The highest BCUT2D eigenvalue weighted by Gasteiger charge is 2.03. The molecule has 0 atom stereocenters. The summed E-state index contributed by atoms with van der Waals surface area (Å²) in [5.74, 6) is 3.65. The van der Waals surface area contributed by atoms with Gasteiger partial charge < -0.3 is 5.32 Å². The highest BCUT2D eigenvalue weighted by Crippen LogP contribution is 2.05. The van der Waals surface area contributed by atoms with Crippen molar-refractivity contribution < 1.29 is 0 Å². The van der Waals surface area contributed by atoms with Crippen LogP contribution in [0.3, 0.4) is 0 Å². The molecule has 88 valence electrons. The lowest BCUT2D eigenvalue weighted by Gasteiger charge is -2.06. The predicted molar refractivity (Wildman–Crippen MR) is 72.6 cm³/mol. The molecular weight excluding hydrogens is 210 g/mol. The van der Waals surface area contributed by atoms with E-state index in [0.717, 1.165) is 17.5 Å². The average Bonchev–Trinajstić information content (AvgIpc) is 2.36. The zero-order chi connectivity index (χ0) is 12.7. The number of hydrogen-bond donors (Lipinski definition) is 2. The molecule has 1 aromatic rings. The molecule has 0 aliphatic carbocycles. The summed E-state index contributed by atoms with van der Waals surface area (Å²) in [7, 11) is 1.79. The number of terminal acetylenes is 1. The first-order chi connectivity index (χ1) is 8.21. The number of rotatable bonds is 3. The molecular formula is C14H17N3. The standard InChI is InChI=1S/C14H17N3/c1-4-7-13(15)17-14(16-3)12-9-6-8-11(5-2)10-12/h2,6,8-10H,4,7H2,1,3H3,(H2,15,16,17). The van der Waals surface area contributed by atoms with Gasteiger partial charge in [0, 0.05) is 24.6 Å². The first-order valence-electron chi connectivity index (χ1n) is 5.62. The molecule has 0 spiro atoms. The molecule has 0 heterocycles. The molecule has 1 aromatic carbocycles. The summed E-state index contributed by atoms with van der Waals surface area (Å²) in [6, 6.07) is 7.57. The summed E-state index contributed by atoms with van der Waals surface area (Å²) in [6.07, 6.45) is 6.96. The van der Waals surface area contributed by atoms with Gasteiger partial charge in [-0.05, 0) is 18.6 Å². The van der Waals surface area contributed by atoms with Crippen molar-refractivity contribution in [1.29, 1.82) is 5.41 Å². The van der Waals surface area contributed by atoms with Gasteiger partial charge in [0.15, 0.2) is 0 Å². The summed E-state index contributed by atoms with van der Waals surface area (Å²) in [4.78, 5) is 4.25. The SMILES string of the molecule is C#Cc1cccc(/C(=N/C(=N)CCC)NC)c1. The molecule has 0 saturated heterocycles. The second-order valence-electron chi connectivity index (χ2n) is 3.63. The van der Waals surface area contributed by atoms with Gasteiger partial charge in [0.25, 0.3) is 0 Å². The van der Waals surface area contributed by atoms with Crippen LogP contribution in [0.4, 0.5) is 0 Å². The number of hydrogen-bond acceptors (Lipinski definition) is 1. The van der Waals surface area contributed by atoms with E-state index in [1.165, 1.54) is 0 Å². The predicted octanol–water partition coefficient (Wildman–Crippen LogP) is 2.41. The van der Waals surface area contributed by atoms with Gasteiger partial charge in [0.1, 0.15) is 11.7 Å². The number of aliphatic imine (C=N–C) groups is 1. The minimum absolute atomic E-state index is 0.378. The quantitative estimate of drug-likeness (QED) is 0.465. The Kier molecular flexibility index (Phi) is 4.96. The van der Waals surface area contributed by atoms with E-state index < -0.39 is 0 Å². The average molecular weight is 227 g/mol. The fraction of sp³-hybridized carbons (Fsp3) is 0.286. The van der Waals surface area contributed by atoms with Crippen LogP contribution < -0.4 is 5.32 Å². The molecule has 0 unspecified atom stereocenters. The Hall–Kier alpha value is -2.08. The lowest BCUT2D eigenvalue weighted by Crippen LogP contribution is -2.21. The topological polar surface area (TPSA) is 48.2 Å². The third-order valence-corrected chi connectivity index (χ3v) is 2.27. The second-order valence-corrected chi connectivity index (χ2v) is 3.63. The number of nitrogens with one attached hydrogen (secondary N) is 2. The van der Waals surface area contributed by atoms with E-state index in [2.05, 4.69) is 16.2 Å². The van der Waals surface area contributed by atoms with Gasteiger partial charge in [-0.25, -0.2) is 4.99 Å². The Labute approximate surface area is 102 Å². The molecule has 0 aromatic heterocycles. The van der Waals surface area contributed by atoms with E-state index in [4.69, 9.17) is 11.8 Å². The molecule has 2 N–H and O–H groups in total. The van der Waals surface area contributed by atoms with Crippen molar-refractivity contribution in [3.8, 4) is 12.3 Å². The molecule has 0 radical (unpaired) electrons. The summed E-state index contributed by atoms with van der Waals surface area (Å²) >= 11 is 0. The molecule has 0 aliphatic heterocycles. The van der Waals surface area contributed by atoms with Crippen molar-refractivity contribution in [2.75, 3.05) is 7.05 Å². The maximum Gasteiger partial charge on any atom is 0.135 e. The number of amidine groups is 2. The van der Waals surface area contributed by atoms with E-state index in [1.807, 2.05) is 31.2 Å². The first-order valence-corrected chi connectivity index (χ1v) is 5.62. The molecule has 3 heteroatoms. The minimum atomic E-state index is 0.378. The Bertz CT molecular complexity index is 467. The van der Waals surface area contributed by atoms with E-state index in [-0.39, 0.29) is 0 Å². The van der Waals surface area contributed by atoms with Crippen molar-refractivity contribution in [2.45, 2.75) is 19.8 Å². The molecule has 1 rings (SSSR count). The van der Waals surface area contributed by atoms with Gasteiger partial charge in [0.2, 0.25) is 0 Å². The highest BCUT2D eigenvalue weighted by atomic mass is 15.0. The molecule has 0 fully saturated rings. The van der Waals surface area contributed by atoms with E-state index in [1.54, 1.807) is 7.05 Å². The van der Waals surface area contributed by atoms with E-state index >= 15 is 0 Å². The van der Waals surface area contributed by atoms with E-state index in [0.29, 0.717) is 18.1 Å².